The maximum atomic E-state index is 12.6. The normalized spacial score (nSPS) is 16.0. The first kappa shape index (κ1) is 30.1. The Morgan fingerprint density at radius 2 is 1.91 bits per heavy atom. The predicted molar refractivity (Wildman–Crippen MR) is 165 cm³/mol. The highest BCUT2D eigenvalue weighted by atomic mass is 35.5. The Bertz CT molecular complexity index is 1590. The van der Waals surface area contributed by atoms with Crippen molar-refractivity contribution in [3.05, 3.63) is 112 Å². The summed E-state index contributed by atoms with van der Waals surface area (Å²) in [5, 5.41) is 16.2. The zero-order chi connectivity index (χ0) is 30.2. The zero-order valence-corrected chi connectivity index (χ0v) is 24.7. The number of nitrogens with zero attached hydrogens (tertiary/aromatic N) is 1. The van der Waals surface area contributed by atoms with Gasteiger partial charge in [-0.05, 0) is 60.6 Å². The van der Waals surface area contributed by atoms with Crippen LogP contribution in [0.2, 0.25) is 5.02 Å². The van der Waals surface area contributed by atoms with Gasteiger partial charge in [-0.15, -0.1) is 0 Å². The summed E-state index contributed by atoms with van der Waals surface area (Å²) in [5.41, 5.74) is 6.26. The minimum atomic E-state index is -0.937. The Morgan fingerprint density at radius 1 is 1.07 bits per heavy atom. The molecule has 3 N–H and O–H groups in total. The van der Waals surface area contributed by atoms with Crippen LogP contribution >= 0.6 is 11.6 Å². The Morgan fingerprint density at radius 3 is 2.72 bits per heavy atom. The second-order valence-electron chi connectivity index (χ2n) is 10.5. The Labute approximate surface area is 256 Å². The number of fused-ring (bicyclic) bond motifs is 3. The molecule has 0 radical (unpaired) electrons. The van der Waals surface area contributed by atoms with E-state index >= 15 is 0 Å². The molecule has 2 heterocycles. The molecule has 1 aliphatic heterocycles. The molecule has 0 unspecified atom stereocenters. The van der Waals surface area contributed by atoms with E-state index in [2.05, 4.69) is 40.7 Å². The fourth-order valence-electron chi connectivity index (χ4n) is 5.06. The number of amides is 1. The number of rotatable bonds is 5. The van der Waals surface area contributed by atoms with Gasteiger partial charge in [0.2, 0.25) is 0 Å². The van der Waals surface area contributed by atoms with Gasteiger partial charge in [0.1, 0.15) is 30.8 Å². The van der Waals surface area contributed by atoms with Crippen LogP contribution in [0.25, 0.3) is 11.1 Å². The standard InChI is InChI=1S/C34H34ClN3O5/c1-22-25(10-7-11-28(22)24-8-3-2-4-9-24)21-43-32-16-31-26(15-29(32)35)19-38-30(34(40)41)12-5-6-13-37-33(39)27-14-23(20-42-31)17-36-18-27/h2-4,7-11,14-18,30,38H,5-6,12-13,19-21H2,1H3,(H,37,39)(H,40,41)/t30-/m0/s1. The molecule has 0 aliphatic carbocycles. The van der Waals surface area contributed by atoms with Crippen LogP contribution in [0, 0.1) is 6.92 Å². The summed E-state index contributed by atoms with van der Waals surface area (Å²) in [6.45, 7) is 3.20. The van der Waals surface area contributed by atoms with Crippen LogP contribution in [0.1, 0.15) is 51.9 Å². The second-order valence-corrected chi connectivity index (χ2v) is 10.9. The first-order valence-corrected chi connectivity index (χ1v) is 14.7. The Kier molecular flexibility index (Phi) is 9.92. The van der Waals surface area contributed by atoms with Gasteiger partial charge in [-0.3, -0.25) is 14.6 Å². The molecule has 5 rings (SSSR count). The van der Waals surface area contributed by atoms with Crippen molar-refractivity contribution in [1.29, 1.82) is 0 Å². The van der Waals surface area contributed by atoms with Crippen LogP contribution in [0.5, 0.6) is 11.5 Å². The molecule has 0 fully saturated rings. The summed E-state index contributed by atoms with van der Waals surface area (Å²) in [7, 11) is 0. The third-order valence-corrected chi connectivity index (χ3v) is 7.82. The molecule has 1 aliphatic rings. The first-order chi connectivity index (χ1) is 20.9. The maximum Gasteiger partial charge on any atom is 0.320 e. The van der Waals surface area contributed by atoms with Gasteiger partial charge in [0.25, 0.3) is 5.91 Å². The topological polar surface area (TPSA) is 110 Å². The summed E-state index contributed by atoms with van der Waals surface area (Å²) in [6, 6.07) is 20.8. The van der Waals surface area contributed by atoms with Crippen molar-refractivity contribution in [3.8, 4) is 22.6 Å². The number of nitrogens with one attached hydrogen (secondary N) is 2. The number of carbonyl (C=O) groups excluding carboxylic acids is 1. The summed E-state index contributed by atoms with van der Waals surface area (Å²) in [6.07, 6.45) is 4.86. The molecule has 1 aromatic heterocycles. The molecule has 2 bridgehead atoms. The average molecular weight is 600 g/mol. The van der Waals surface area contributed by atoms with Crippen molar-refractivity contribution in [2.24, 2.45) is 0 Å². The van der Waals surface area contributed by atoms with E-state index in [9.17, 15) is 14.7 Å². The number of carbonyl (C=O) groups is 2. The average Bonchev–Trinajstić information content (AvgIpc) is 3.01. The van der Waals surface area contributed by atoms with E-state index in [4.69, 9.17) is 21.1 Å². The van der Waals surface area contributed by atoms with E-state index < -0.39 is 12.0 Å². The monoisotopic (exact) mass is 599 g/mol. The van der Waals surface area contributed by atoms with E-state index in [0.29, 0.717) is 65.6 Å². The van der Waals surface area contributed by atoms with Crippen molar-refractivity contribution in [3.63, 3.8) is 0 Å². The molecule has 0 saturated carbocycles. The minimum absolute atomic E-state index is 0.142. The lowest BCUT2D eigenvalue weighted by atomic mass is 9.97. The number of pyridine rings is 1. The number of ether oxygens (including phenoxy) is 2. The fraction of sp³-hybridized carbons (Fsp3) is 0.265. The number of aliphatic carboxylic acids is 1. The molecule has 8 nitrogen and oxygen atoms in total. The predicted octanol–water partition coefficient (Wildman–Crippen LogP) is 6.32. The largest absolute Gasteiger partial charge is 0.488 e. The molecule has 1 atom stereocenters. The first-order valence-electron chi connectivity index (χ1n) is 14.3. The summed E-state index contributed by atoms with van der Waals surface area (Å²) >= 11 is 6.70. The van der Waals surface area contributed by atoms with E-state index in [1.54, 1.807) is 24.4 Å². The van der Waals surface area contributed by atoms with E-state index in [0.717, 1.165) is 22.3 Å². The van der Waals surface area contributed by atoms with Gasteiger partial charge in [0.15, 0.2) is 0 Å². The molecule has 3 aromatic carbocycles. The summed E-state index contributed by atoms with van der Waals surface area (Å²) in [5.74, 6) is -0.232. The third kappa shape index (κ3) is 7.71. The Balaban J connectivity index is 1.41. The van der Waals surface area contributed by atoms with Gasteiger partial charge in [0.05, 0.1) is 10.6 Å². The van der Waals surface area contributed by atoms with Crippen LogP contribution in [-0.2, 0) is 24.6 Å². The summed E-state index contributed by atoms with van der Waals surface area (Å²) < 4.78 is 12.4. The lowest BCUT2D eigenvalue weighted by Gasteiger charge is -2.19. The maximum absolute atomic E-state index is 12.6. The van der Waals surface area contributed by atoms with Crippen LogP contribution < -0.4 is 20.1 Å². The van der Waals surface area contributed by atoms with Crippen LogP contribution in [-0.4, -0.2) is 34.6 Å². The van der Waals surface area contributed by atoms with Gasteiger partial charge in [0, 0.05) is 42.7 Å². The Hall–Kier alpha value is -4.40. The van der Waals surface area contributed by atoms with Gasteiger partial charge < -0.3 is 25.2 Å². The summed E-state index contributed by atoms with van der Waals surface area (Å²) in [4.78, 5) is 28.8. The molecule has 1 amide bonds. The van der Waals surface area contributed by atoms with E-state index in [1.807, 2.05) is 30.3 Å². The molecule has 4 aromatic rings. The van der Waals surface area contributed by atoms with Crippen molar-refractivity contribution >= 4 is 23.5 Å². The highest BCUT2D eigenvalue weighted by Gasteiger charge is 2.20. The quantitative estimate of drug-likeness (QED) is 0.246. The number of aromatic nitrogens is 1. The molecule has 0 spiro atoms. The van der Waals surface area contributed by atoms with Gasteiger partial charge in [-0.1, -0.05) is 60.1 Å². The van der Waals surface area contributed by atoms with Crippen LogP contribution in [0.15, 0.2) is 79.1 Å². The van der Waals surface area contributed by atoms with Crippen LogP contribution in [0.4, 0.5) is 0 Å². The second kappa shape index (κ2) is 14.2. The van der Waals surface area contributed by atoms with Crippen molar-refractivity contribution < 1.29 is 24.2 Å². The smallest absolute Gasteiger partial charge is 0.320 e. The molecule has 9 heteroatoms. The number of carboxylic acids is 1. The number of hydrogen-bond acceptors (Lipinski definition) is 6. The van der Waals surface area contributed by atoms with Gasteiger partial charge >= 0.3 is 5.97 Å². The van der Waals surface area contributed by atoms with Crippen molar-refractivity contribution in [2.45, 2.75) is 52.0 Å². The molecule has 222 valence electrons. The lowest BCUT2D eigenvalue weighted by Crippen LogP contribution is -2.36. The zero-order valence-electron chi connectivity index (χ0n) is 23.9. The highest BCUT2D eigenvalue weighted by molar-refractivity contribution is 6.32. The van der Waals surface area contributed by atoms with Gasteiger partial charge in [-0.2, -0.15) is 0 Å². The van der Waals surface area contributed by atoms with Crippen molar-refractivity contribution in [2.75, 3.05) is 6.54 Å². The van der Waals surface area contributed by atoms with Crippen LogP contribution in [0.3, 0.4) is 0 Å². The van der Waals surface area contributed by atoms with E-state index in [-0.39, 0.29) is 19.1 Å². The number of carboxylic acid groups (broad SMARTS) is 1. The number of halogens is 1. The molecular formula is C34H34ClN3O5. The number of hydrogen-bond donors (Lipinski definition) is 3. The third-order valence-electron chi connectivity index (χ3n) is 7.52. The van der Waals surface area contributed by atoms with Gasteiger partial charge in [-0.25, -0.2) is 0 Å². The SMILES string of the molecule is Cc1c(COc2cc3c(cc2Cl)CN[C@H](C(=O)O)CCCCNC(=O)c2cncc(c2)CO3)cccc1-c1ccccc1. The lowest BCUT2D eigenvalue weighted by molar-refractivity contribution is -0.139. The fourth-order valence-corrected chi connectivity index (χ4v) is 5.30. The number of benzene rings is 3. The minimum Gasteiger partial charge on any atom is -0.488 e. The molecule has 43 heavy (non-hydrogen) atoms. The van der Waals surface area contributed by atoms with Crippen molar-refractivity contribution in [1.82, 2.24) is 15.6 Å². The molecule has 0 saturated heterocycles. The van der Waals surface area contributed by atoms with E-state index in [1.165, 1.54) is 6.20 Å². The highest BCUT2D eigenvalue weighted by Crippen LogP contribution is 2.35. The molecular weight excluding hydrogens is 566 g/mol.